The van der Waals surface area contributed by atoms with Gasteiger partial charge in [0, 0.05) is 6.08 Å². The van der Waals surface area contributed by atoms with E-state index in [4.69, 9.17) is 0 Å². The van der Waals surface area contributed by atoms with Crippen LogP contribution < -0.4 is 0 Å². The lowest BCUT2D eigenvalue weighted by molar-refractivity contribution is -0.134. The summed E-state index contributed by atoms with van der Waals surface area (Å²) in [6.45, 7) is 4.45. The molecule has 0 N–H and O–H groups in total. The lowest BCUT2D eigenvalue weighted by Crippen LogP contribution is -2.03. The molecule has 0 aliphatic heterocycles. The third kappa shape index (κ3) is 2.36. The molecule has 0 atom stereocenters. The minimum Gasteiger partial charge on any atom is -0.466 e. The molecule has 1 fully saturated rings. The molecule has 2 nitrogen and oxygen atoms in total. The molecule has 0 radical (unpaired) electrons. The van der Waals surface area contributed by atoms with Crippen LogP contribution in [0.15, 0.2) is 11.6 Å². The lowest BCUT2D eigenvalue weighted by Gasteiger charge is -2.14. The highest BCUT2D eigenvalue weighted by Gasteiger charge is 2.26. The first-order valence-electron chi connectivity index (χ1n) is 4.31. The molecular formula is C10H16O2. The van der Waals surface area contributed by atoms with Gasteiger partial charge < -0.3 is 4.74 Å². The first kappa shape index (κ1) is 9.30. The van der Waals surface area contributed by atoms with Gasteiger partial charge in [-0.2, -0.15) is 0 Å². The number of carbonyl (C=O) groups excluding carboxylic acids is 1. The van der Waals surface area contributed by atoms with Crippen molar-refractivity contribution in [3.63, 3.8) is 0 Å². The Labute approximate surface area is 73.6 Å². The molecule has 0 aromatic heterocycles. The summed E-state index contributed by atoms with van der Waals surface area (Å²) in [6.07, 6.45) is 4.88. The fourth-order valence-electron chi connectivity index (χ4n) is 1.64. The molecule has 0 aromatic carbocycles. The van der Waals surface area contributed by atoms with Crippen molar-refractivity contribution >= 4 is 5.97 Å². The van der Waals surface area contributed by atoms with Gasteiger partial charge in [-0.25, -0.2) is 4.79 Å². The summed E-state index contributed by atoms with van der Waals surface area (Å²) in [4.78, 5) is 10.9. The van der Waals surface area contributed by atoms with Crippen molar-refractivity contribution in [1.29, 1.82) is 0 Å². The molecule has 1 aliphatic carbocycles. The van der Waals surface area contributed by atoms with E-state index in [1.54, 1.807) is 6.08 Å². The number of rotatable bonds is 1. The summed E-state index contributed by atoms with van der Waals surface area (Å²) in [5.74, 6) is -0.220. The van der Waals surface area contributed by atoms with Crippen LogP contribution in [0.1, 0.15) is 33.1 Å². The van der Waals surface area contributed by atoms with E-state index >= 15 is 0 Å². The molecule has 2 heteroatoms. The second-order valence-corrected chi connectivity index (χ2v) is 4.17. The molecule has 12 heavy (non-hydrogen) atoms. The van der Waals surface area contributed by atoms with Gasteiger partial charge >= 0.3 is 5.97 Å². The van der Waals surface area contributed by atoms with Gasteiger partial charge in [0.05, 0.1) is 7.11 Å². The number of allylic oxidation sites excluding steroid dienone is 1. The highest BCUT2D eigenvalue weighted by molar-refractivity contribution is 5.82. The summed E-state index contributed by atoms with van der Waals surface area (Å²) in [5.41, 5.74) is 1.60. The number of carbonyl (C=O) groups is 1. The van der Waals surface area contributed by atoms with Crippen molar-refractivity contribution in [1.82, 2.24) is 0 Å². The summed E-state index contributed by atoms with van der Waals surface area (Å²) < 4.78 is 4.56. The van der Waals surface area contributed by atoms with Crippen molar-refractivity contribution in [2.45, 2.75) is 33.1 Å². The molecule has 0 amide bonds. The zero-order valence-corrected chi connectivity index (χ0v) is 8.02. The third-order valence-electron chi connectivity index (χ3n) is 2.35. The smallest absolute Gasteiger partial charge is 0.330 e. The third-order valence-corrected chi connectivity index (χ3v) is 2.35. The van der Waals surface area contributed by atoms with Crippen molar-refractivity contribution in [2.24, 2.45) is 5.41 Å². The molecule has 68 valence electrons. The molecule has 1 aliphatic rings. The van der Waals surface area contributed by atoms with Crippen LogP contribution >= 0.6 is 0 Å². The van der Waals surface area contributed by atoms with E-state index in [1.165, 1.54) is 19.1 Å². The first-order chi connectivity index (χ1) is 5.53. The van der Waals surface area contributed by atoms with Crippen LogP contribution in [0.5, 0.6) is 0 Å². The van der Waals surface area contributed by atoms with Crippen LogP contribution in [-0.4, -0.2) is 13.1 Å². The Morgan fingerprint density at radius 3 is 2.67 bits per heavy atom. The van der Waals surface area contributed by atoms with E-state index in [1.807, 2.05) is 0 Å². The normalized spacial score (nSPS) is 24.4. The summed E-state index contributed by atoms with van der Waals surface area (Å²) in [6, 6.07) is 0. The van der Waals surface area contributed by atoms with Crippen LogP contribution in [0, 0.1) is 5.41 Å². The van der Waals surface area contributed by atoms with E-state index in [9.17, 15) is 4.79 Å². The molecule has 1 saturated carbocycles. The predicted octanol–water partition coefficient (Wildman–Crippen LogP) is 2.30. The fraction of sp³-hybridized carbons (Fsp3) is 0.700. The number of esters is 1. The second kappa shape index (κ2) is 3.30. The van der Waals surface area contributed by atoms with Crippen LogP contribution in [-0.2, 0) is 9.53 Å². The van der Waals surface area contributed by atoms with Crippen molar-refractivity contribution in [2.75, 3.05) is 7.11 Å². The van der Waals surface area contributed by atoms with E-state index in [2.05, 4.69) is 18.6 Å². The maximum atomic E-state index is 10.9. The highest BCUT2D eigenvalue weighted by Crippen LogP contribution is 2.40. The molecular weight excluding hydrogens is 152 g/mol. The molecule has 0 spiro atoms. The average molecular weight is 168 g/mol. The van der Waals surface area contributed by atoms with Gasteiger partial charge in [0.15, 0.2) is 0 Å². The van der Waals surface area contributed by atoms with Crippen LogP contribution in [0.2, 0.25) is 0 Å². The quantitative estimate of drug-likeness (QED) is 0.443. The monoisotopic (exact) mass is 168 g/mol. The van der Waals surface area contributed by atoms with Crippen LogP contribution in [0.3, 0.4) is 0 Å². The largest absolute Gasteiger partial charge is 0.466 e. The van der Waals surface area contributed by atoms with Gasteiger partial charge in [-0.3, -0.25) is 0 Å². The van der Waals surface area contributed by atoms with Gasteiger partial charge in [-0.1, -0.05) is 19.4 Å². The lowest BCUT2D eigenvalue weighted by atomic mass is 9.92. The molecule has 1 rings (SSSR count). The summed E-state index contributed by atoms with van der Waals surface area (Å²) in [5, 5.41) is 0. The van der Waals surface area contributed by atoms with Gasteiger partial charge in [-0.15, -0.1) is 0 Å². The van der Waals surface area contributed by atoms with Gasteiger partial charge in [-0.05, 0) is 24.7 Å². The summed E-state index contributed by atoms with van der Waals surface area (Å²) in [7, 11) is 1.42. The molecule has 0 saturated heterocycles. The number of methoxy groups -OCH3 is 1. The molecule has 0 heterocycles. The van der Waals surface area contributed by atoms with Gasteiger partial charge in [0.1, 0.15) is 0 Å². The Bertz CT molecular complexity index is 214. The zero-order valence-electron chi connectivity index (χ0n) is 8.02. The minimum absolute atomic E-state index is 0.220. The Hall–Kier alpha value is -0.790. The maximum absolute atomic E-state index is 10.9. The zero-order chi connectivity index (χ0) is 9.19. The Morgan fingerprint density at radius 1 is 1.58 bits per heavy atom. The Kier molecular flexibility index (Phi) is 2.55. The van der Waals surface area contributed by atoms with E-state index in [0.717, 1.165) is 12.8 Å². The van der Waals surface area contributed by atoms with Crippen molar-refractivity contribution in [3.8, 4) is 0 Å². The van der Waals surface area contributed by atoms with Crippen LogP contribution in [0.4, 0.5) is 0 Å². The first-order valence-corrected chi connectivity index (χ1v) is 4.31. The van der Waals surface area contributed by atoms with E-state index in [-0.39, 0.29) is 5.97 Å². The predicted molar refractivity (Wildman–Crippen MR) is 47.7 cm³/mol. The van der Waals surface area contributed by atoms with Crippen LogP contribution in [0.25, 0.3) is 0 Å². The second-order valence-electron chi connectivity index (χ2n) is 4.17. The fourth-order valence-corrected chi connectivity index (χ4v) is 1.64. The van der Waals surface area contributed by atoms with Gasteiger partial charge in [0.2, 0.25) is 0 Å². The van der Waals surface area contributed by atoms with E-state index in [0.29, 0.717) is 5.41 Å². The topological polar surface area (TPSA) is 26.3 Å². The van der Waals surface area contributed by atoms with E-state index < -0.39 is 0 Å². The molecule has 0 aromatic rings. The SMILES string of the molecule is COC(=O)C=C1CCC(C)(C)C1. The van der Waals surface area contributed by atoms with Gasteiger partial charge in [0.25, 0.3) is 0 Å². The maximum Gasteiger partial charge on any atom is 0.330 e. The molecule has 0 bridgehead atoms. The summed E-state index contributed by atoms with van der Waals surface area (Å²) >= 11 is 0. The average Bonchev–Trinajstić information content (AvgIpc) is 2.30. The number of hydrogen-bond acceptors (Lipinski definition) is 2. The number of hydrogen-bond donors (Lipinski definition) is 0. The standard InChI is InChI=1S/C10H16O2/c1-10(2)5-4-8(7-10)6-9(11)12-3/h6H,4-5,7H2,1-3H3. The molecule has 0 unspecified atom stereocenters. The minimum atomic E-state index is -0.220. The number of ether oxygens (including phenoxy) is 1. The van der Waals surface area contributed by atoms with Crippen molar-refractivity contribution in [3.05, 3.63) is 11.6 Å². The Morgan fingerprint density at radius 2 is 2.25 bits per heavy atom. The highest BCUT2D eigenvalue weighted by atomic mass is 16.5. The van der Waals surface area contributed by atoms with Crippen molar-refractivity contribution < 1.29 is 9.53 Å². The Balaban J connectivity index is 2.57.